The molecule has 0 saturated heterocycles. The third-order valence-corrected chi connectivity index (χ3v) is 3.60. The summed E-state index contributed by atoms with van der Waals surface area (Å²) in [4.78, 5) is 23.5. The molecule has 4 heteroatoms. The first-order chi connectivity index (χ1) is 11.3. The van der Waals surface area contributed by atoms with Gasteiger partial charge in [0, 0.05) is 5.56 Å². The van der Waals surface area contributed by atoms with E-state index in [1.807, 2.05) is 24.3 Å². The van der Waals surface area contributed by atoms with E-state index in [2.05, 4.69) is 26.1 Å². The molecule has 24 heavy (non-hydrogen) atoms. The maximum absolute atomic E-state index is 12.1. The average Bonchev–Trinajstić information content (AvgIpc) is 2.54. The zero-order valence-electron chi connectivity index (χ0n) is 14.0. The highest BCUT2D eigenvalue weighted by atomic mass is 16.4. The summed E-state index contributed by atoms with van der Waals surface area (Å²) in [7, 11) is 0. The van der Waals surface area contributed by atoms with Crippen molar-refractivity contribution in [3.8, 4) is 0 Å². The number of carbonyl (C=O) groups excluding carboxylic acids is 1. The van der Waals surface area contributed by atoms with Crippen LogP contribution in [0.1, 0.15) is 42.3 Å². The van der Waals surface area contributed by atoms with Gasteiger partial charge in [-0.25, -0.2) is 4.79 Å². The largest absolute Gasteiger partial charge is 0.477 e. The first-order valence-corrected chi connectivity index (χ1v) is 7.69. The van der Waals surface area contributed by atoms with Gasteiger partial charge in [-0.15, -0.1) is 0 Å². The summed E-state index contributed by atoms with van der Waals surface area (Å²) >= 11 is 0. The van der Waals surface area contributed by atoms with Gasteiger partial charge in [0.05, 0.1) is 0 Å². The lowest BCUT2D eigenvalue weighted by atomic mass is 9.87. The normalized spacial score (nSPS) is 11.9. The summed E-state index contributed by atoms with van der Waals surface area (Å²) in [6.45, 7) is 6.34. The van der Waals surface area contributed by atoms with E-state index in [0.717, 1.165) is 5.56 Å². The number of carboxylic acids is 1. The molecule has 2 aromatic carbocycles. The van der Waals surface area contributed by atoms with Crippen LogP contribution in [0.2, 0.25) is 0 Å². The van der Waals surface area contributed by atoms with Gasteiger partial charge in [-0.1, -0.05) is 63.2 Å². The zero-order chi connectivity index (χ0) is 17.7. The maximum Gasteiger partial charge on any atom is 0.352 e. The Hall–Kier alpha value is -2.88. The molecular formula is C20H21NO3. The first-order valence-electron chi connectivity index (χ1n) is 7.69. The van der Waals surface area contributed by atoms with E-state index < -0.39 is 11.9 Å². The zero-order valence-corrected chi connectivity index (χ0v) is 14.0. The van der Waals surface area contributed by atoms with Gasteiger partial charge in [-0.05, 0) is 34.8 Å². The van der Waals surface area contributed by atoms with Gasteiger partial charge in [0.25, 0.3) is 5.91 Å². The average molecular weight is 323 g/mol. The van der Waals surface area contributed by atoms with Crippen molar-refractivity contribution >= 4 is 18.0 Å². The van der Waals surface area contributed by atoms with E-state index in [0.29, 0.717) is 11.1 Å². The molecule has 0 atom stereocenters. The molecule has 0 fully saturated rings. The molecule has 0 unspecified atom stereocenters. The van der Waals surface area contributed by atoms with E-state index in [-0.39, 0.29) is 11.1 Å². The predicted molar refractivity (Wildman–Crippen MR) is 94.7 cm³/mol. The minimum atomic E-state index is -1.18. The van der Waals surface area contributed by atoms with Gasteiger partial charge in [0.1, 0.15) is 5.70 Å². The molecule has 1 amide bonds. The molecule has 0 aliphatic carbocycles. The second kappa shape index (κ2) is 7.13. The van der Waals surface area contributed by atoms with Crippen molar-refractivity contribution < 1.29 is 14.7 Å². The van der Waals surface area contributed by atoms with Crippen molar-refractivity contribution in [1.82, 2.24) is 5.32 Å². The van der Waals surface area contributed by atoms with Gasteiger partial charge in [0.15, 0.2) is 0 Å². The number of rotatable bonds is 4. The minimum absolute atomic E-state index is 0.0272. The molecule has 2 aromatic rings. The van der Waals surface area contributed by atoms with Crippen LogP contribution in [0, 0.1) is 0 Å². The number of hydrogen-bond acceptors (Lipinski definition) is 2. The molecule has 0 aliphatic heterocycles. The highest BCUT2D eigenvalue weighted by Crippen LogP contribution is 2.22. The number of hydrogen-bond donors (Lipinski definition) is 2. The van der Waals surface area contributed by atoms with Crippen LogP contribution >= 0.6 is 0 Å². The van der Waals surface area contributed by atoms with E-state index in [1.54, 1.807) is 30.3 Å². The summed E-state index contributed by atoms with van der Waals surface area (Å²) in [5.74, 6) is -1.63. The van der Waals surface area contributed by atoms with Crippen LogP contribution < -0.4 is 5.32 Å². The Morgan fingerprint density at radius 3 is 2.04 bits per heavy atom. The fraction of sp³-hybridized carbons (Fsp3) is 0.200. The minimum Gasteiger partial charge on any atom is -0.477 e. The standard InChI is InChI=1S/C20H21NO3/c1-20(2,3)16-11-9-14(10-12-16)13-17(19(23)24)21-18(22)15-7-5-4-6-8-15/h4-13H,1-3H3,(H,21,22)(H,23,24). The van der Waals surface area contributed by atoms with Gasteiger partial charge < -0.3 is 10.4 Å². The molecule has 0 aromatic heterocycles. The van der Waals surface area contributed by atoms with Crippen molar-refractivity contribution in [1.29, 1.82) is 0 Å². The van der Waals surface area contributed by atoms with E-state index >= 15 is 0 Å². The molecule has 0 radical (unpaired) electrons. The third-order valence-electron chi connectivity index (χ3n) is 3.60. The van der Waals surface area contributed by atoms with Crippen molar-refractivity contribution in [3.05, 3.63) is 77.0 Å². The number of nitrogens with one attached hydrogen (secondary N) is 1. The van der Waals surface area contributed by atoms with Crippen LogP contribution in [-0.4, -0.2) is 17.0 Å². The molecule has 0 aliphatic rings. The molecular weight excluding hydrogens is 302 g/mol. The number of aliphatic carboxylic acids is 1. The van der Waals surface area contributed by atoms with Crippen LogP contribution in [-0.2, 0) is 10.2 Å². The molecule has 124 valence electrons. The SMILES string of the molecule is CC(C)(C)c1ccc(C=C(NC(=O)c2ccccc2)C(=O)O)cc1. The van der Waals surface area contributed by atoms with Gasteiger partial charge in [0.2, 0.25) is 0 Å². The number of benzene rings is 2. The Kier molecular flexibility index (Phi) is 5.19. The second-order valence-electron chi connectivity index (χ2n) is 6.56. The van der Waals surface area contributed by atoms with Crippen LogP contribution in [0.15, 0.2) is 60.3 Å². The van der Waals surface area contributed by atoms with Gasteiger partial charge in [-0.2, -0.15) is 0 Å². The summed E-state index contributed by atoms with van der Waals surface area (Å²) in [5.41, 5.74) is 2.15. The molecule has 0 bridgehead atoms. The summed E-state index contributed by atoms with van der Waals surface area (Å²) in [6, 6.07) is 16.1. The Morgan fingerprint density at radius 2 is 1.54 bits per heavy atom. The Labute approximate surface area is 141 Å². The molecule has 2 N–H and O–H groups in total. The smallest absolute Gasteiger partial charge is 0.352 e. The highest BCUT2D eigenvalue weighted by molar-refractivity contribution is 6.02. The van der Waals surface area contributed by atoms with Crippen molar-refractivity contribution in [3.63, 3.8) is 0 Å². The lowest BCUT2D eigenvalue weighted by Crippen LogP contribution is -2.27. The topological polar surface area (TPSA) is 66.4 Å². The van der Waals surface area contributed by atoms with Crippen molar-refractivity contribution in [2.24, 2.45) is 0 Å². The summed E-state index contributed by atoms with van der Waals surface area (Å²) < 4.78 is 0. The third kappa shape index (κ3) is 4.56. The molecule has 2 rings (SSSR count). The highest BCUT2D eigenvalue weighted by Gasteiger charge is 2.15. The van der Waals surface area contributed by atoms with E-state index in [4.69, 9.17) is 0 Å². The number of carbonyl (C=O) groups is 2. The fourth-order valence-electron chi connectivity index (χ4n) is 2.18. The molecule has 0 spiro atoms. The Balaban J connectivity index is 2.23. The predicted octanol–water partition coefficient (Wildman–Crippen LogP) is 3.84. The van der Waals surface area contributed by atoms with E-state index in [1.165, 1.54) is 6.08 Å². The quantitative estimate of drug-likeness (QED) is 0.840. The van der Waals surface area contributed by atoms with Gasteiger partial charge in [-0.3, -0.25) is 4.79 Å². The van der Waals surface area contributed by atoms with E-state index in [9.17, 15) is 14.7 Å². The van der Waals surface area contributed by atoms with Crippen LogP contribution in [0.4, 0.5) is 0 Å². The first kappa shape index (κ1) is 17.5. The molecule has 4 nitrogen and oxygen atoms in total. The second-order valence-corrected chi connectivity index (χ2v) is 6.56. The number of amides is 1. The van der Waals surface area contributed by atoms with Crippen LogP contribution in [0.25, 0.3) is 6.08 Å². The summed E-state index contributed by atoms with van der Waals surface area (Å²) in [6.07, 6.45) is 1.45. The maximum atomic E-state index is 12.1. The van der Waals surface area contributed by atoms with Crippen LogP contribution in [0.3, 0.4) is 0 Å². The lowest BCUT2D eigenvalue weighted by molar-refractivity contribution is -0.132. The van der Waals surface area contributed by atoms with Gasteiger partial charge >= 0.3 is 5.97 Å². The van der Waals surface area contributed by atoms with Crippen LogP contribution in [0.5, 0.6) is 0 Å². The number of carboxylic acid groups (broad SMARTS) is 1. The monoisotopic (exact) mass is 323 g/mol. The van der Waals surface area contributed by atoms with Crippen molar-refractivity contribution in [2.75, 3.05) is 0 Å². The fourth-order valence-corrected chi connectivity index (χ4v) is 2.18. The molecule has 0 heterocycles. The van der Waals surface area contributed by atoms with Crippen molar-refractivity contribution in [2.45, 2.75) is 26.2 Å². The Bertz CT molecular complexity index is 754. The lowest BCUT2D eigenvalue weighted by Gasteiger charge is -2.18. The summed E-state index contributed by atoms with van der Waals surface area (Å²) in [5, 5.41) is 11.8. The molecule has 0 saturated carbocycles. The Morgan fingerprint density at radius 1 is 0.958 bits per heavy atom.